The molecule has 34 heavy (non-hydrogen) atoms. The van der Waals surface area contributed by atoms with Crippen LogP contribution in [0.4, 0.5) is 8.78 Å². The topological polar surface area (TPSA) is 105 Å². The van der Waals surface area contributed by atoms with Crippen molar-refractivity contribution >= 4 is 17.8 Å². The summed E-state index contributed by atoms with van der Waals surface area (Å²) in [4.78, 5) is 35.4. The van der Waals surface area contributed by atoms with Crippen molar-refractivity contribution in [3.05, 3.63) is 64.7 Å². The van der Waals surface area contributed by atoms with E-state index < -0.39 is 35.0 Å². The van der Waals surface area contributed by atoms with Gasteiger partial charge in [0.25, 0.3) is 11.8 Å². The van der Waals surface area contributed by atoms with Crippen molar-refractivity contribution in [2.75, 3.05) is 13.1 Å². The van der Waals surface area contributed by atoms with E-state index in [2.05, 4.69) is 10.6 Å². The normalized spacial score (nSPS) is 17.6. The van der Waals surface area contributed by atoms with Crippen molar-refractivity contribution in [3.8, 4) is 5.75 Å². The highest BCUT2D eigenvalue weighted by Crippen LogP contribution is 2.29. The number of carboxylic acids is 1. The van der Waals surface area contributed by atoms with Gasteiger partial charge in [-0.2, -0.15) is 0 Å². The van der Waals surface area contributed by atoms with Gasteiger partial charge in [-0.1, -0.05) is 19.1 Å². The van der Waals surface area contributed by atoms with Crippen LogP contribution in [0.5, 0.6) is 5.75 Å². The van der Waals surface area contributed by atoms with E-state index in [0.29, 0.717) is 31.2 Å². The summed E-state index contributed by atoms with van der Waals surface area (Å²) in [5, 5.41) is 14.1. The number of halogens is 2. The zero-order chi connectivity index (χ0) is 24.7. The predicted molar refractivity (Wildman–Crippen MR) is 121 cm³/mol. The number of hydrogen-bond acceptors (Lipinski definition) is 4. The van der Waals surface area contributed by atoms with Gasteiger partial charge in [-0.05, 0) is 49.8 Å². The Kier molecular flexibility index (Phi) is 8.56. The fourth-order valence-electron chi connectivity index (χ4n) is 3.89. The van der Waals surface area contributed by atoms with E-state index in [1.54, 1.807) is 12.1 Å². The van der Waals surface area contributed by atoms with E-state index in [9.17, 15) is 23.2 Å². The highest BCUT2D eigenvalue weighted by Gasteiger charge is 2.27. The molecule has 0 radical (unpaired) electrons. The van der Waals surface area contributed by atoms with Crippen molar-refractivity contribution in [1.82, 2.24) is 10.6 Å². The third kappa shape index (κ3) is 6.52. The van der Waals surface area contributed by atoms with Gasteiger partial charge < -0.3 is 20.5 Å². The Labute approximate surface area is 196 Å². The zero-order valence-electron chi connectivity index (χ0n) is 18.9. The van der Waals surface area contributed by atoms with Gasteiger partial charge in [0.05, 0.1) is 12.0 Å². The molecule has 0 bridgehead atoms. The summed E-state index contributed by atoms with van der Waals surface area (Å²) in [6.07, 6.45) is 2.34. The van der Waals surface area contributed by atoms with Gasteiger partial charge in [-0.15, -0.1) is 0 Å². The Bertz CT molecular complexity index is 1010. The molecular weight excluding hydrogens is 446 g/mol. The number of aryl methyl sites for hydroxylation is 1. The molecule has 7 nitrogen and oxygen atoms in total. The number of nitrogens with one attached hydrogen (secondary N) is 2. The lowest BCUT2D eigenvalue weighted by Gasteiger charge is -2.26. The molecule has 3 N–H and O–H groups in total. The minimum Gasteiger partial charge on any atom is -0.490 e. The quantitative estimate of drug-likeness (QED) is 0.481. The largest absolute Gasteiger partial charge is 0.490 e. The lowest BCUT2D eigenvalue weighted by atomic mass is 9.87. The van der Waals surface area contributed by atoms with E-state index in [4.69, 9.17) is 9.84 Å². The fourth-order valence-corrected chi connectivity index (χ4v) is 3.89. The lowest BCUT2D eigenvalue weighted by Crippen LogP contribution is -2.35. The molecule has 0 aromatic heterocycles. The van der Waals surface area contributed by atoms with E-state index in [-0.39, 0.29) is 30.9 Å². The number of carbonyl (C=O) groups excluding carboxylic acids is 2. The monoisotopic (exact) mass is 474 g/mol. The van der Waals surface area contributed by atoms with E-state index in [1.165, 1.54) is 0 Å². The summed E-state index contributed by atoms with van der Waals surface area (Å²) in [5.74, 6) is -4.70. The summed E-state index contributed by atoms with van der Waals surface area (Å²) in [6.45, 7) is 2.09. The molecule has 0 saturated heterocycles. The molecule has 1 saturated carbocycles. The summed E-state index contributed by atoms with van der Waals surface area (Å²) in [7, 11) is 0. The van der Waals surface area contributed by atoms with Crippen LogP contribution >= 0.6 is 0 Å². The van der Waals surface area contributed by atoms with Crippen LogP contribution in [0.25, 0.3) is 0 Å². The maximum absolute atomic E-state index is 14.5. The van der Waals surface area contributed by atoms with Crippen LogP contribution in [-0.2, 0) is 11.2 Å². The van der Waals surface area contributed by atoms with Crippen LogP contribution in [0.1, 0.15) is 58.9 Å². The number of amides is 2. The lowest BCUT2D eigenvalue weighted by molar-refractivity contribution is -0.143. The number of hydrogen-bond donors (Lipinski definition) is 3. The summed E-state index contributed by atoms with van der Waals surface area (Å²) in [6, 6.07) is 9.03. The predicted octanol–water partition coefficient (Wildman–Crippen LogP) is 3.71. The molecule has 9 heteroatoms. The van der Waals surface area contributed by atoms with Gasteiger partial charge in [0.15, 0.2) is 0 Å². The first kappa shape index (κ1) is 25.1. The molecule has 0 aliphatic heterocycles. The number of rotatable bonds is 9. The van der Waals surface area contributed by atoms with Crippen molar-refractivity contribution in [2.45, 2.75) is 45.1 Å². The molecular formula is C25H28F2N2O5. The number of ether oxygens (including phenoxy) is 1. The number of benzene rings is 2. The molecule has 2 aromatic rings. The average Bonchev–Trinajstić information content (AvgIpc) is 2.81. The van der Waals surface area contributed by atoms with Crippen LogP contribution in [0.3, 0.4) is 0 Å². The molecule has 3 rings (SSSR count). The molecule has 0 unspecified atom stereocenters. The highest BCUT2D eigenvalue weighted by atomic mass is 19.1. The van der Waals surface area contributed by atoms with Crippen molar-refractivity contribution in [2.24, 2.45) is 5.92 Å². The molecule has 0 atom stereocenters. The maximum atomic E-state index is 14.5. The van der Waals surface area contributed by atoms with E-state index >= 15 is 0 Å². The summed E-state index contributed by atoms with van der Waals surface area (Å²) >= 11 is 0. The summed E-state index contributed by atoms with van der Waals surface area (Å²) < 4.78 is 34.6. The van der Waals surface area contributed by atoms with Gasteiger partial charge in [-0.25, -0.2) is 8.78 Å². The molecule has 2 aromatic carbocycles. The standard InChI is InChI=1S/C25H28F2N2O5/c1-2-15-3-5-16(6-4-15)23(30)28-11-12-29-24(31)22-20(26)13-19(14-21(22)27)34-18-9-7-17(8-10-18)25(32)33/h3-6,13-14,17-18H,2,7-12H2,1H3,(H,28,30)(H,29,31)(H,32,33)/t17-,18+. The average molecular weight is 475 g/mol. The molecule has 2 amide bonds. The van der Waals surface area contributed by atoms with Gasteiger partial charge in [0.2, 0.25) is 0 Å². The van der Waals surface area contributed by atoms with Crippen LogP contribution in [-0.4, -0.2) is 42.1 Å². The molecule has 0 spiro atoms. The van der Waals surface area contributed by atoms with Crippen LogP contribution in [0.2, 0.25) is 0 Å². The second-order valence-corrected chi connectivity index (χ2v) is 8.25. The molecule has 0 heterocycles. The molecule has 1 aliphatic carbocycles. The van der Waals surface area contributed by atoms with Crippen molar-refractivity contribution in [3.63, 3.8) is 0 Å². The smallest absolute Gasteiger partial charge is 0.306 e. The molecule has 182 valence electrons. The van der Waals surface area contributed by atoms with E-state index in [1.807, 2.05) is 19.1 Å². The maximum Gasteiger partial charge on any atom is 0.306 e. The van der Waals surface area contributed by atoms with Gasteiger partial charge in [0, 0.05) is 30.8 Å². The van der Waals surface area contributed by atoms with Crippen molar-refractivity contribution in [1.29, 1.82) is 0 Å². The van der Waals surface area contributed by atoms with Crippen LogP contribution in [0, 0.1) is 17.6 Å². The minimum absolute atomic E-state index is 0.0123. The van der Waals surface area contributed by atoms with Crippen LogP contribution < -0.4 is 15.4 Å². The van der Waals surface area contributed by atoms with Gasteiger partial charge in [0.1, 0.15) is 22.9 Å². The third-order valence-electron chi connectivity index (χ3n) is 5.89. The fraction of sp³-hybridized carbons (Fsp3) is 0.400. The van der Waals surface area contributed by atoms with Crippen LogP contribution in [0.15, 0.2) is 36.4 Å². The minimum atomic E-state index is -1.06. The Balaban J connectivity index is 1.49. The van der Waals surface area contributed by atoms with Crippen molar-refractivity contribution < 1.29 is 33.0 Å². The Morgan fingerprint density at radius 3 is 2.03 bits per heavy atom. The number of carbonyl (C=O) groups is 3. The first-order valence-electron chi connectivity index (χ1n) is 11.3. The van der Waals surface area contributed by atoms with Gasteiger partial charge >= 0.3 is 5.97 Å². The first-order valence-corrected chi connectivity index (χ1v) is 11.3. The second-order valence-electron chi connectivity index (χ2n) is 8.25. The number of aliphatic carboxylic acids is 1. The summed E-state index contributed by atoms with van der Waals surface area (Å²) in [5.41, 5.74) is 0.853. The third-order valence-corrected chi connectivity index (χ3v) is 5.89. The Morgan fingerprint density at radius 1 is 0.941 bits per heavy atom. The Morgan fingerprint density at radius 2 is 1.50 bits per heavy atom. The van der Waals surface area contributed by atoms with E-state index in [0.717, 1.165) is 24.1 Å². The molecule has 1 aliphatic rings. The highest BCUT2D eigenvalue weighted by molar-refractivity contribution is 5.95. The SMILES string of the molecule is CCc1ccc(C(=O)NCCNC(=O)c2c(F)cc(O[C@H]3CC[C@@H](C(=O)O)CC3)cc2F)cc1. The Hall–Kier alpha value is -3.49. The first-order chi connectivity index (χ1) is 16.3. The second kappa shape index (κ2) is 11.6. The van der Waals surface area contributed by atoms with Gasteiger partial charge in [-0.3, -0.25) is 14.4 Å². The number of carboxylic acid groups (broad SMARTS) is 1. The molecule has 1 fully saturated rings. The zero-order valence-corrected chi connectivity index (χ0v) is 18.9.